The molecular formula is C30H24N4O6. The molecule has 4 heterocycles. The summed E-state index contributed by atoms with van der Waals surface area (Å²) in [5, 5.41) is 9.01. The van der Waals surface area contributed by atoms with Crippen LogP contribution >= 0.6 is 0 Å². The lowest BCUT2D eigenvalue weighted by Crippen LogP contribution is -2.27. The lowest BCUT2D eigenvalue weighted by atomic mass is 10.0. The van der Waals surface area contributed by atoms with Crippen LogP contribution in [0.3, 0.4) is 0 Å². The van der Waals surface area contributed by atoms with Crippen LogP contribution in [0.25, 0.3) is 44.6 Å². The first-order valence-electron chi connectivity index (χ1n) is 12.6. The van der Waals surface area contributed by atoms with Crippen molar-refractivity contribution >= 4 is 27.6 Å². The minimum Gasteiger partial charge on any atom is -0.497 e. The van der Waals surface area contributed by atoms with Gasteiger partial charge in [0.2, 0.25) is 17.6 Å². The third-order valence-electron chi connectivity index (χ3n) is 6.50. The number of pyridine rings is 1. The number of aryl methyl sites for hydroxylation is 1. The van der Waals surface area contributed by atoms with Crippen LogP contribution in [-0.4, -0.2) is 34.7 Å². The van der Waals surface area contributed by atoms with Gasteiger partial charge in [0, 0.05) is 36.4 Å². The predicted octanol–water partition coefficient (Wildman–Crippen LogP) is 4.87. The molecule has 6 aromatic rings. The summed E-state index contributed by atoms with van der Waals surface area (Å²) in [6, 6.07) is 18.6. The standard InChI is InChI=1S/C30H24N4O6/c1-17-13-24-27(30(36)38-17)22(28(39-24)20-7-6-19-15-21(37-2)9-8-18(19)14-20)16-25(35)32-12-10-26-33-29(34-40-26)23-5-3-4-11-31-23/h3-9,11,13-15H,10,12,16H2,1-2H3,(H,32,35). The monoisotopic (exact) mass is 536 g/mol. The molecule has 0 spiro atoms. The average Bonchev–Trinajstić information content (AvgIpc) is 3.58. The van der Waals surface area contributed by atoms with Gasteiger partial charge < -0.3 is 23.4 Å². The Balaban J connectivity index is 1.24. The fourth-order valence-electron chi connectivity index (χ4n) is 4.60. The van der Waals surface area contributed by atoms with Crippen LogP contribution in [0.2, 0.25) is 0 Å². The summed E-state index contributed by atoms with van der Waals surface area (Å²) in [7, 11) is 1.62. The molecule has 200 valence electrons. The van der Waals surface area contributed by atoms with Crippen LogP contribution < -0.4 is 15.7 Å². The maximum Gasteiger partial charge on any atom is 0.347 e. The molecule has 0 saturated heterocycles. The largest absolute Gasteiger partial charge is 0.497 e. The van der Waals surface area contributed by atoms with Crippen molar-refractivity contribution in [1.82, 2.24) is 20.4 Å². The summed E-state index contributed by atoms with van der Waals surface area (Å²) in [5.74, 6) is 2.08. The molecule has 1 amide bonds. The minimum absolute atomic E-state index is 0.0835. The number of rotatable bonds is 8. The molecule has 0 radical (unpaired) electrons. The summed E-state index contributed by atoms with van der Waals surface area (Å²) < 4.78 is 22.1. The Morgan fingerprint density at radius 2 is 1.88 bits per heavy atom. The van der Waals surface area contributed by atoms with Crippen molar-refractivity contribution in [2.75, 3.05) is 13.7 Å². The maximum absolute atomic E-state index is 13.0. The van der Waals surface area contributed by atoms with Gasteiger partial charge in [-0.1, -0.05) is 29.4 Å². The minimum atomic E-state index is -0.550. The second-order valence-corrected chi connectivity index (χ2v) is 9.22. The van der Waals surface area contributed by atoms with Crippen molar-refractivity contribution in [2.24, 2.45) is 0 Å². The number of carbonyl (C=O) groups is 1. The first kappa shape index (κ1) is 25.1. The molecule has 10 nitrogen and oxygen atoms in total. The molecule has 40 heavy (non-hydrogen) atoms. The molecule has 0 aliphatic carbocycles. The smallest absolute Gasteiger partial charge is 0.347 e. The second kappa shape index (κ2) is 10.5. The number of amides is 1. The van der Waals surface area contributed by atoms with Gasteiger partial charge in [0.25, 0.3) is 0 Å². The first-order valence-corrected chi connectivity index (χ1v) is 12.6. The Hall–Kier alpha value is -5.25. The van der Waals surface area contributed by atoms with Gasteiger partial charge >= 0.3 is 5.63 Å². The van der Waals surface area contributed by atoms with Gasteiger partial charge in [-0.2, -0.15) is 4.98 Å². The molecule has 2 aromatic carbocycles. The lowest BCUT2D eigenvalue weighted by Gasteiger charge is -2.07. The molecule has 0 aliphatic rings. The Morgan fingerprint density at radius 3 is 2.70 bits per heavy atom. The van der Waals surface area contributed by atoms with E-state index in [9.17, 15) is 9.59 Å². The highest BCUT2D eigenvalue weighted by Gasteiger charge is 2.23. The summed E-state index contributed by atoms with van der Waals surface area (Å²) in [5.41, 5.74) is 1.62. The number of benzene rings is 2. The van der Waals surface area contributed by atoms with Crippen LogP contribution in [0, 0.1) is 6.92 Å². The van der Waals surface area contributed by atoms with Crippen LogP contribution in [0.15, 0.2) is 85.0 Å². The number of methoxy groups -OCH3 is 1. The Bertz CT molecular complexity index is 1900. The predicted molar refractivity (Wildman–Crippen MR) is 147 cm³/mol. The van der Waals surface area contributed by atoms with E-state index in [4.69, 9.17) is 18.1 Å². The maximum atomic E-state index is 13.0. The molecule has 0 aliphatic heterocycles. The molecular weight excluding hydrogens is 512 g/mol. The second-order valence-electron chi connectivity index (χ2n) is 9.22. The first-order chi connectivity index (χ1) is 19.5. The zero-order valence-electron chi connectivity index (χ0n) is 21.8. The van der Waals surface area contributed by atoms with Crippen LogP contribution in [0.5, 0.6) is 5.75 Å². The topological polar surface area (TPSA) is 133 Å². The van der Waals surface area contributed by atoms with Crippen molar-refractivity contribution in [3.63, 3.8) is 0 Å². The number of nitrogens with zero attached hydrogens (tertiary/aromatic N) is 3. The van der Waals surface area contributed by atoms with E-state index in [2.05, 4.69) is 20.4 Å². The van der Waals surface area contributed by atoms with E-state index in [1.165, 1.54) is 0 Å². The highest BCUT2D eigenvalue weighted by Crippen LogP contribution is 2.35. The quantitative estimate of drug-likeness (QED) is 0.289. The summed E-state index contributed by atoms with van der Waals surface area (Å²) in [4.78, 5) is 34.4. The lowest BCUT2D eigenvalue weighted by molar-refractivity contribution is -0.120. The van der Waals surface area contributed by atoms with Crippen molar-refractivity contribution in [2.45, 2.75) is 19.8 Å². The van der Waals surface area contributed by atoms with Crippen molar-refractivity contribution in [3.8, 4) is 28.6 Å². The fourth-order valence-corrected chi connectivity index (χ4v) is 4.60. The normalized spacial score (nSPS) is 11.2. The molecule has 6 rings (SSSR count). The van der Waals surface area contributed by atoms with E-state index in [1.54, 1.807) is 38.4 Å². The molecule has 0 fully saturated rings. The average molecular weight is 537 g/mol. The van der Waals surface area contributed by atoms with Crippen LogP contribution in [0.4, 0.5) is 0 Å². The van der Waals surface area contributed by atoms with Crippen molar-refractivity contribution in [3.05, 3.63) is 94.5 Å². The highest BCUT2D eigenvalue weighted by molar-refractivity contribution is 5.95. The molecule has 0 bridgehead atoms. The van der Waals surface area contributed by atoms with Gasteiger partial charge in [0.05, 0.1) is 13.5 Å². The molecule has 0 saturated carbocycles. The van der Waals surface area contributed by atoms with Crippen LogP contribution in [0.1, 0.15) is 17.2 Å². The van der Waals surface area contributed by atoms with Gasteiger partial charge in [-0.15, -0.1) is 0 Å². The number of nitrogens with one attached hydrogen (secondary N) is 1. The van der Waals surface area contributed by atoms with Gasteiger partial charge in [0.1, 0.15) is 33.9 Å². The Morgan fingerprint density at radius 1 is 1.02 bits per heavy atom. The number of hydrogen-bond acceptors (Lipinski definition) is 9. The molecule has 10 heteroatoms. The summed E-state index contributed by atoms with van der Waals surface area (Å²) in [6.07, 6.45) is 1.90. The SMILES string of the molecule is COc1ccc2cc(-c3oc4cc(C)oc(=O)c4c3CC(=O)NCCc3nc(-c4ccccn4)no3)ccc2c1. The summed E-state index contributed by atoms with van der Waals surface area (Å²) in [6.45, 7) is 1.94. The van der Waals surface area contributed by atoms with Gasteiger partial charge in [-0.3, -0.25) is 9.78 Å². The molecule has 1 N–H and O–H groups in total. The van der Waals surface area contributed by atoms with E-state index in [0.717, 1.165) is 22.1 Å². The fraction of sp³-hybridized carbons (Fsp3) is 0.167. The van der Waals surface area contributed by atoms with E-state index < -0.39 is 5.63 Å². The van der Waals surface area contributed by atoms with E-state index in [-0.39, 0.29) is 24.3 Å². The number of ether oxygens (including phenoxy) is 1. The van der Waals surface area contributed by atoms with Gasteiger partial charge in [-0.25, -0.2) is 4.79 Å². The number of furan rings is 1. The highest BCUT2D eigenvalue weighted by atomic mass is 16.5. The Kier molecular flexibility index (Phi) is 6.57. The zero-order valence-corrected chi connectivity index (χ0v) is 21.8. The van der Waals surface area contributed by atoms with E-state index in [1.807, 2.05) is 42.5 Å². The van der Waals surface area contributed by atoms with Crippen molar-refractivity contribution < 1.29 is 22.9 Å². The third-order valence-corrected chi connectivity index (χ3v) is 6.50. The Labute approximate surface area is 227 Å². The number of aromatic nitrogens is 3. The summed E-state index contributed by atoms with van der Waals surface area (Å²) >= 11 is 0. The van der Waals surface area contributed by atoms with Crippen molar-refractivity contribution in [1.29, 1.82) is 0 Å². The van der Waals surface area contributed by atoms with E-state index in [0.29, 0.717) is 46.5 Å². The van der Waals surface area contributed by atoms with E-state index >= 15 is 0 Å². The molecule has 0 atom stereocenters. The number of carbonyl (C=O) groups excluding carboxylic acids is 1. The third kappa shape index (κ3) is 4.94. The van der Waals surface area contributed by atoms with Gasteiger partial charge in [0.15, 0.2) is 0 Å². The van der Waals surface area contributed by atoms with Crippen LogP contribution in [-0.2, 0) is 17.6 Å². The van der Waals surface area contributed by atoms with Gasteiger partial charge in [-0.05, 0) is 48.0 Å². The zero-order chi connectivity index (χ0) is 27.6. The number of hydrogen-bond donors (Lipinski definition) is 1. The number of fused-ring (bicyclic) bond motifs is 2. The molecule has 4 aromatic heterocycles. The molecule has 0 unspecified atom stereocenters.